The van der Waals surface area contributed by atoms with Crippen molar-refractivity contribution in [1.82, 2.24) is 0 Å². The molecule has 0 amide bonds. The van der Waals surface area contributed by atoms with E-state index in [0.717, 1.165) is 0 Å². The number of aliphatic hydroxyl groups is 2. The molecule has 0 radical (unpaired) electrons. The fraction of sp³-hybridized carbons (Fsp3) is 0.792. The Bertz CT molecular complexity index is 944. The third-order valence-electron chi connectivity index (χ3n) is 9.16. The summed E-state index contributed by atoms with van der Waals surface area (Å²) in [6.45, 7) is 9.03. The lowest BCUT2D eigenvalue weighted by Gasteiger charge is -2.57. The SMILES string of the molecule is CCC(C)C(=O)OC1C(=O)OC2CC(C)(C3OC(=O)C=C3C)C3C4(O)OCC23C1C(C)C4O. The Hall–Kier alpha value is -1.97. The highest BCUT2D eigenvalue weighted by Crippen LogP contribution is 2.74. The Kier molecular flexibility index (Phi) is 4.85. The van der Waals surface area contributed by atoms with Crippen molar-refractivity contribution in [2.75, 3.05) is 6.61 Å². The van der Waals surface area contributed by atoms with Crippen molar-refractivity contribution in [2.24, 2.45) is 34.5 Å². The minimum absolute atomic E-state index is 0.0363. The molecule has 2 saturated carbocycles. The molecule has 9 nitrogen and oxygen atoms in total. The first-order valence-electron chi connectivity index (χ1n) is 11.8. The summed E-state index contributed by atoms with van der Waals surface area (Å²) in [7, 11) is 0. The number of carbonyl (C=O) groups is 3. The molecule has 2 N–H and O–H groups in total. The van der Waals surface area contributed by atoms with Crippen LogP contribution in [0.1, 0.15) is 47.5 Å². The van der Waals surface area contributed by atoms with E-state index in [1.165, 1.54) is 6.08 Å². The number of esters is 3. The summed E-state index contributed by atoms with van der Waals surface area (Å²) in [4.78, 5) is 37.9. The van der Waals surface area contributed by atoms with Gasteiger partial charge in [-0.2, -0.15) is 0 Å². The van der Waals surface area contributed by atoms with Crippen LogP contribution >= 0.6 is 0 Å². The largest absolute Gasteiger partial charge is 0.459 e. The maximum atomic E-state index is 13.2. The van der Waals surface area contributed by atoms with E-state index in [1.807, 2.05) is 13.8 Å². The number of cyclic esters (lactones) is 1. The lowest BCUT2D eigenvalue weighted by Crippen LogP contribution is -2.69. The smallest absolute Gasteiger partial charge is 0.348 e. The summed E-state index contributed by atoms with van der Waals surface area (Å²) in [5, 5.41) is 23.0. The Morgan fingerprint density at radius 1 is 1.33 bits per heavy atom. The van der Waals surface area contributed by atoms with Gasteiger partial charge in [0, 0.05) is 28.7 Å². The second kappa shape index (κ2) is 7.02. The third-order valence-corrected chi connectivity index (χ3v) is 9.16. The standard InChI is InChI=1S/C24H32O9/c1-6-10(2)19(27)33-16-15-12(4)17(26)24(29)21-22(5,18-11(3)7-14(25)32-18)8-13(31-20(16)28)23(15,21)9-30-24/h7,10,12-13,15-18,21,26,29H,6,8-9H2,1-5H3. The highest BCUT2D eigenvalue weighted by molar-refractivity contribution is 5.86. The van der Waals surface area contributed by atoms with Crippen molar-refractivity contribution in [3.8, 4) is 0 Å². The van der Waals surface area contributed by atoms with Crippen LogP contribution in [0, 0.1) is 34.5 Å². The van der Waals surface area contributed by atoms with Gasteiger partial charge < -0.3 is 29.2 Å². The number of hydrogen-bond acceptors (Lipinski definition) is 9. The normalized spacial score (nSPS) is 50.9. The van der Waals surface area contributed by atoms with Crippen LogP contribution in [0.15, 0.2) is 11.6 Å². The van der Waals surface area contributed by atoms with Gasteiger partial charge in [0.2, 0.25) is 6.10 Å². The van der Waals surface area contributed by atoms with Crippen molar-refractivity contribution < 1.29 is 43.5 Å². The zero-order valence-electron chi connectivity index (χ0n) is 19.6. The molecule has 4 fully saturated rings. The van der Waals surface area contributed by atoms with Crippen molar-refractivity contribution in [3.05, 3.63) is 11.6 Å². The number of aliphatic hydroxyl groups excluding tert-OH is 1. The van der Waals surface area contributed by atoms with Gasteiger partial charge in [0.15, 0.2) is 5.79 Å². The molecule has 5 rings (SSSR count). The van der Waals surface area contributed by atoms with Gasteiger partial charge in [0.05, 0.1) is 12.5 Å². The molecule has 9 heteroatoms. The monoisotopic (exact) mass is 464 g/mol. The van der Waals surface area contributed by atoms with E-state index in [0.29, 0.717) is 18.4 Å². The maximum Gasteiger partial charge on any atom is 0.348 e. The van der Waals surface area contributed by atoms with Gasteiger partial charge >= 0.3 is 17.9 Å². The van der Waals surface area contributed by atoms with Crippen molar-refractivity contribution in [1.29, 1.82) is 0 Å². The number of ether oxygens (including phenoxy) is 4. The molecule has 2 saturated heterocycles. The molecule has 11 atom stereocenters. The molecule has 0 aromatic rings. The Morgan fingerprint density at radius 2 is 2.03 bits per heavy atom. The second-order valence-electron chi connectivity index (χ2n) is 10.9. The molecule has 3 heterocycles. The molecule has 0 aromatic carbocycles. The van der Waals surface area contributed by atoms with E-state index in [4.69, 9.17) is 18.9 Å². The fourth-order valence-electron chi connectivity index (χ4n) is 7.70. The van der Waals surface area contributed by atoms with Crippen LogP contribution in [0.4, 0.5) is 0 Å². The van der Waals surface area contributed by atoms with Crippen molar-refractivity contribution >= 4 is 17.9 Å². The van der Waals surface area contributed by atoms with Gasteiger partial charge in [-0.25, -0.2) is 9.59 Å². The molecule has 5 aliphatic rings. The molecular formula is C24H32O9. The van der Waals surface area contributed by atoms with Crippen LogP contribution in [0.25, 0.3) is 0 Å². The highest BCUT2D eigenvalue weighted by Gasteiger charge is 2.84. The van der Waals surface area contributed by atoms with Gasteiger partial charge in [-0.3, -0.25) is 4.79 Å². The van der Waals surface area contributed by atoms with Crippen molar-refractivity contribution in [3.63, 3.8) is 0 Å². The first kappa shape index (κ1) is 22.8. The molecule has 2 aliphatic carbocycles. The van der Waals surface area contributed by atoms with Crippen LogP contribution in [0.3, 0.4) is 0 Å². The number of rotatable bonds is 4. The Labute approximate surface area is 192 Å². The summed E-state index contributed by atoms with van der Waals surface area (Å²) in [6.07, 6.45) is -1.56. The molecule has 33 heavy (non-hydrogen) atoms. The summed E-state index contributed by atoms with van der Waals surface area (Å²) in [6, 6.07) is 0. The third kappa shape index (κ3) is 2.67. The van der Waals surface area contributed by atoms with E-state index >= 15 is 0 Å². The van der Waals surface area contributed by atoms with Gasteiger partial charge in [0.25, 0.3) is 0 Å². The van der Waals surface area contributed by atoms with Crippen molar-refractivity contribution in [2.45, 2.75) is 77.7 Å². The first-order chi connectivity index (χ1) is 15.4. The van der Waals surface area contributed by atoms with Gasteiger partial charge in [0.1, 0.15) is 18.3 Å². The number of hydrogen-bond donors (Lipinski definition) is 2. The molecular weight excluding hydrogens is 432 g/mol. The molecule has 11 unspecified atom stereocenters. The summed E-state index contributed by atoms with van der Waals surface area (Å²) < 4.78 is 23.2. The van der Waals surface area contributed by atoms with Crippen LogP contribution in [0.2, 0.25) is 0 Å². The molecule has 2 bridgehead atoms. The average molecular weight is 465 g/mol. The Morgan fingerprint density at radius 3 is 2.64 bits per heavy atom. The summed E-state index contributed by atoms with van der Waals surface area (Å²) in [5.74, 6) is -5.88. The average Bonchev–Trinajstić information content (AvgIpc) is 3.34. The van der Waals surface area contributed by atoms with Gasteiger partial charge in [-0.05, 0) is 31.3 Å². The van der Waals surface area contributed by atoms with Crippen LogP contribution in [-0.2, 0) is 33.3 Å². The minimum atomic E-state index is -1.91. The highest BCUT2D eigenvalue weighted by atomic mass is 16.7. The van der Waals surface area contributed by atoms with E-state index in [1.54, 1.807) is 20.8 Å². The lowest BCUT2D eigenvalue weighted by molar-refractivity contribution is -0.305. The number of carbonyl (C=O) groups excluding carboxylic acids is 3. The zero-order valence-corrected chi connectivity index (χ0v) is 19.6. The minimum Gasteiger partial charge on any atom is -0.459 e. The zero-order chi connectivity index (χ0) is 24.1. The van der Waals surface area contributed by atoms with Gasteiger partial charge in [-0.1, -0.05) is 27.7 Å². The van der Waals surface area contributed by atoms with Gasteiger partial charge in [-0.15, -0.1) is 0 Å². The topological polar surface area (TPSA) is 129 Å². The summed E-state index contributed by atoms with van der Waals surface area (Å²) in [5.41, 5.74) is -1.07. The van der Waals surface area contributed by atoms with Crippen LogP contribution < -0.4 is 0 Å². The molecule has 0 aromatic heterocycles. The van der Waals surface area contributed by atoms with E-state index in [9.17, 15) is 24.6 Å². The van der Waals surface area contributed by atoms with E-state index < -0.39 is 82.6 Å². The van der Waals surface area contributed by atoms with E-state index in [2.05, 4.69) is 0 Å². The predicted octanol–water partition coefficient (Wildman–Crippen LogP) is 1.10. The quantitative estimate of drug-likeness (QED) is 0.464. The molecule has 3 aliphatic heterocycles. The summed E-state index contributed by atoms with van der Waals surface area (Å²) >= 11 is 0. The van der Waals surface area contributed by atoms with Crippen LogP contribution in [-0.4, -0.2) is 64.9 Å². The fourth-order valence-corrected chi connectivity index (χ4v) is 7.70. The molecule has 182 valence electrons. The van der Waals surface area contributed by atoms with E-state index in [-0.39, 0.29) is 6.61 Å². The predicted molar refractivity (Wildman–Crippen MR) is 111 cm³/mol. The molecule has 1 spiro atoms. The lowest BCUT2D eigenvalue weighted by atomic mass is 9.50. The van der Waals surface area contributed by atoms with Crippen LogP contribution in [0.5, 0.6) is 0 Å². The second-order valence-corrected chi connectivity index (χ2v) is 10.9. The first-order valence-corrected chi connectivity index (χ1v) is 11.8. The Balaban J connectivity index is 1.63. The maximum absolute atomic E-state index is 13.2.